The maximum atomic E-state index is 13.6. The van der Waals surface area contributed by atoms with Gasteiger partial charge in [0.05, 0.1) is 12.5 Å². The van der Waals surface area contributed by atoms with Crippen LogP contribution in [0.4, 0.5) is 0 Å². The van der Waals surface area contributed by atoms with Gasteiger partial charge in [-0.1, -0.05) is 19.4 Å². The molecule has 2 aliphatic heterocycles. The third-order valence-electron chi connectivity index (χ3n) is 7.66. The number of carboxylic acids is 1. The summed E-state index contributed by atoms with van der Waals surface area (Å²) in [4.78, 5) is 45.7. The molecule has 0 spiro atoms. The quantitative estimate of drug-likeness (QED) is 0.390. The Morgan fingerprint density at radius 1 is 1.03 bits per heavy atom. The Balaban J connectivity index is 1.84. The van der Waals surface area contributed by atoms with E-state index in [-0.39, 0.29) is 37.1 Å². The molecule has 3 rings (SSSR count). The predicted octanol–water partition coefficient (Wildman–Crippen LogP) is 2.33. The van der Waals surface area contributed by atoms with Gasteiger partial charge in [-0.15, -0.1) is 0 Å². The van der Waals surface area contributed by atoms with E-state index in [4.69, 9.17) is 9.47 Å². The first-order valence-electron chi connectivity index (χ1n) is 13.6. The third-order valence-corrected chi connectivity index (χ3v) is 7.66. The van der Waals surface area contributed by atoms with Crippen LogP contribution in [0.1, 0.15) is 51.0 Å². The van der Waals surface area contributed by atoms with Crippen molar-refractivity contribution in [2.75, 3.05) is 67.2 Å². The van der Waals surface area contributed by atoms with Gasteiger partial charge in [0.2, 0.25) is 18.6 Å². The fourth-order valence-electron chi connectivity index (χ4n) is 5.38. The smallest absolute Gasteiger partial charge is 0.308 e. The molecule has 0 bridgehead atoms. The van der Waals surface area contributed by atoms with Crippen LogP contribution in [-0.2, 0) is 14.4 Å². The van der Waals surface area contributed by atoms with Gasteiger partial charge in [0, 0.05) is 52.1 Å². The third kappa shape index (κ3) is 7.60. The van der Waals surface area contributed by atoms with Crippen LogP contribution in [0.2, 0.25) is 0 Å². The number of rotatable bonds is 14. The molecule has 38 heavy (non-hydrogen) atoms. The highest BCUT2D eigenvalue weighted by Gasteiger charge is 2.47. The Bertz CT molecular complexity index is 971. The van der Waals surface area contributed by atoms with Crippen molar-refractivity contribution in [2.45, 2.75) is 51.5 Å². The van der Waals surface area contributed by atoms with E-state index in [1.165, 1.54) is 6.92 Å². The minimum atomic E-state index is -0.896. The van der Waals surface area contributed by atoms with E-state index in [9.17, 15) is 19.5 Å². The molecule has 10 heteroatoms. The van der Waals surface area contributed by atoms with Gasteiger partial charge >= 0.3 is 5.97 Å². The van der Waals surface area contributed by atoms with E-state index in [2.05, 4.69) is 11.8 Å². The first kappa shape index (κ1) is 29.7. The van der Waals surface area contributed by atoms with Crippen LogP contribution in [0.5, 0.6) is 11.5 Å². The van der Waals surface area contributed by atoms with Crippen molar-refractivity contribution in [1.29, 1.82) is 0 Å². The largest absolute Gasteiger partial charge is 0.481 e. The van der Waals surface area contributed by atoms with Crippen LogP contribution in [0, 0.1) is 5.92 Å². The van der Waals surface area contributed by atoms with Gasteiger partial charge in [0.25, 0.3) is 0 Å². The number of hydrogen-bond acceptors (Lipinski definition) is 7. The second kappa shape index (κ2) is 13.8. The summed E-state index contributed by atoms with van der Waals surface area (Å²) >= 11 is 0. The fraction of sp³-hybridized carbons (Fsp3) is 0.679. The van der Waals surface area contributed by atoms with Crippen molar-refractivity contribution in [1.82, 2.24) is 19.6 Å². The first-order valence-corrected chi connectivity index (χ1v) is 13.6. The Kier molecular flexibility index (Phi) is 10.8. The number of benzene rings is 1. The van der Waals surface area contributed by atoms with E-state index in [1.54, 1.807) is 11.9 Å². The molecule has 0 saturated carbocycles. The van der Waals surface area contributed by atoms with Crippen LogP contribution in [0.15, 0.2) is 18.2 Å². The average Bonchev–Trinajstić information content (AvgIpc) is 3.48. The molecule has 1 aromatic rings. The van der Waals surface area contributed by atoms with Crippen molar-refractivity contribution in [3.63, 3.8) is 0 Å². The van der Waals surface area contributed by atoms with Gasteiger partial charge in [-0.05, 0) is 57.6 Å². The summed E-state index contributed by atoms with van der Waals surface area (Å²) in [6.07, 6.45) is 3.27. The molecule has 1 N–H and O–H groups in total. The Morgan fingerprint density at radius 3 is 2.39 bits per heavy atom. The molecular weight excluding hydrogens is 488 g/mol. The molecule has 212 valence electrons. The average molecular weight is 533 g/mol. The van der Waals surface area contributed by atoms with Crippen molar-refractivity contribution in [3.8, 4) is 11.5 Å². The van der Waals surface area contributed by atoms with Crippen LogP contribution in [0.3, 0.4) is 0 Å². The van der Waals surface area contributed by atoms with Gasteiger partial charge in [-0.3, -0.25) is 19.3 Å². The maximum absolute atomic E-state index is 13.6. The Morgan fingerprint density at radius 2 is 1.74 bits per heavy atom. The summed E-state index contributed by atoms with van der Waals surface area (Å²) < 4.78 is 11.0. The van der Waals surface area contributed by atoms with E-state index in [1.807, 2.05) is 42.1 Å². The van der Waals surface area contributed by atoms with Crippen molar-refractivity contribution in [3.05, 3.63) is 23.8 Å². The Labute approximate surface area is 226 Å². The number of carbonyl (C=O) groups is 3. The Hall–Kier alpha value is -2.85. The molecular formula is C28H44N4O6. The monoisotopic (exact) mass is 532 g/mol. The van der Waals surface area contributed by atoms with Gasteiger partial charge < -0.3 is 29.3 Å². The standard InChI is InChI=1S/C28H44N4O6/c1-6-7-13-31(14-8-12-29(3)4)26(34)18-32-17-22(21-9-10-24-25(16-21)38-19-37-24)27(28(35)36)23(32)11-15-30(5)20(2)33/h9-10,16,22-23,27H,6-8,11-15,17-19H2,1-5H3,(H,35,36)/t22-,23+,27-/m1/s1. The van der Waals surface area contributed by atoms with Crippen LogP contribution >= 0.6 is 0 Å². The summed E-state index contributed by atoms with van der Waals surface area (Å²) in [5.74, 6) is -0.724. The van der Waals surface area contributed by atoms with Crippen molar-refractivity contribution < 1.29 is 29.0 Å². The second-order valence-corrected chi connectivity index (χ2v) is 10.7. The number of amides is 2. The lowest BCUT2D eigenvalue weighted by molar-refractivity contribution is -0.144. The number of carbonyl (C=O) groups excluding carboxylic acids is 2. The van der Waals surface area contributed by atoms with E-state index in [0.717, 1.165) is 31.4 Å². The van der Waals surface area contributed by atoms with Gasteiger partial charge in [0.15, 0.2) is 11.5 Å². The highest BCUT2D eigenvalue weighted by molar-refractivity contribution is 5.79. The lowest BCUT2D eigenvalue weighted by Gasteiger charge is -2.31. The molecule has 1 fully saturated rings. The summed E-state index contributed by atoms with van der Waals surface area (Å²) in [6, 6.07) is 5.19. The van der Waals surface area contributed by atoms with Gasteiger partial charge in [0.1, 0.15) is 0 Å². The lowest BCUT2D eigenvalue weighted by atomic mass is 9.84. The summed E-state index contributed by atoms with van der Waals surface area (Å²) in [7, 11) is 5.76. The molecule has 2 amide bonds. The molecule has 0 unspecified atom stereocenters. The number of likely N-dealkylation sites (tertiary alicyclic amines) is 1. The van der Waals surface area contributed by atoms with Crippen LogP contribution in [0.25, 0.3) is 0 Å². The highest BCUT2D eigenvalue weighted by atomic mass is 16.7. The molecule has 10 nitrogen and oxygen atoms in total. The minimum Gasteiger partial charge on any atom is -0.481 e. The summed E-state index contributed by atoms with van der Waals surface area (Å²) in [5.41, 5.74) is 0.857. The molecule has 1 saturated heterocycles. The molecule has 0 aliphatic carbocycles. The van der Waals surface area contributed by atoms with Gasteiger partial charge in [-0.25, -0.2) is 0 Å². The lowest BCUT2D eigenvalue weighted by Crippen LogP contribution is -2.46. The molecule has 3 atom stereocenters. The predicted molar refractivity (Wildman–Crippen MR) is 144 cm³/mol. The first-order chi connectivity index (χ1) is 18.1. The van der Waals surface area contributed by atoms with Crippen molar-refractivity contribution >= 4 is 17.8 Å². The molecule has 0 radical (unpaired) electrons. The second-order valence-electron chi connectivity index (χ2n) is 10.7. The van der Waals surface area contributed by atoms with E-state index in [0.29, 0.717) is 44.1 Å². The number of ether oxygens (including phenoxy) is 2. The molecule has 1 aromatic carbocycles. The maximum Gasteiger partial charge on any atom is 0.308 e. The number of fused-ring (bicyclic) bond motifs is 1. The zero-order valence-electron chi connectivity index (χ0n) is 23.5. The fourth-order valence-corrected chi connectivity index (χ4v) is 5.38. The normalized spacial score (nSPS) is 20.6. The number of unbranched alkanes of at least 4 members (excludes halogenated alkanes) is 1. The van der Waals surface area contributed by atoms with E-state index < -0.39 is 11.9 Å². The van der Waals surface area contributed by atoms with Crippen LogP contribution < -0.4 is 9.47 Å². The summed E-state index contributed by atoms with van der Waals surface area (Å²) in [6.45, 7) is 7.04. The number of hydrogen-bond donors (Lipinski definition) is 1. The molecule has 0 aromatic heterocycles. The zero-order valence-corrected chi connectivity index (χ0v) is 23.5. The number of nitrogens with zero attached hydrogens (tertiary/aromatic N) is 4. The number of carboxylic acid groups (broad SMARTS) is 1. The molecule has 2 aliphatic rings. The molecule has 2 heterocycles. The van der Waals surface area contributed by atoms with Crippen molar-refractivity contribution in [2.24, 2.45) is 5.92 Å². The summed E-state index contributed by atoms with van der Waals surface area (Å²) in [5, 5.41) is 10.4. The SMILES string of the molecule is CCCCN(CCCN(C)C)C(=O)CN1C[C@H](c2ccc3c(c2)OCO3)[C@@H](C(=O)O)[C@@H]1CCN(C)C(C)=O. The van der Waals surface area contributed by atoms with Gasteiger partial charge in [-0.2, -0.15) is 0 Å². The van der Waals surface area contributed by atoms with Crippen LogP contribution in [-0.4, -0.2) is 116 Å². The zero-order chi connectivity index (χ0) is 27.8. The minimum absolute atomic E-state index is 0.0256. The number of aliphatic carboxylic acids is 1. The van der Waals surface area contributed by atoms with E-state index >= 15 is 0 Å². The topological polar surface area (TPSA) is 103 Å². The highest BCUT2D eigenvalue weighted by Crippen LogP contribution is 2.42.